The van der Waals surface area contributed by atoms with Crippen molar-refractivity contribution < 1.29 is 4.99 Å². The molecule has 1 aromatic rings. The quantitative estimate of drug-likeness (QED) is 0.525. The van der Waals surface area contributed by atoms with Crippen LogP contribution in [0, 0.1) is 0 Å². The molecule has 3 rings (SSSR count). The van der Waals surface area contributed by atoms with E-state index < -0.39 is 0 Å². The maximum Gasteiger partial charge on any atom is 0.367 e. The Kier molecular flexibility index (Phi) is 2.33. The first-order valence-electron chi connectivity index (χ1n) is 5.69. The van der Waals surface area contributed by atoms with Gasteiger partial charge in [0.25, 0.3) is 0 Å². The summed E-state index contributed by atoms with van der Waals surface area (Å²) >= 11 is 0. The molecule has 2 aliphatic rings. The molecule has 0 radical (unpaired) electrons. The van der Waals surface area contributed by atoms with Crippen LogP contribution in [0.4, 0.5) is 0 Å². The standard InChI is InChI=1S/C12H14N4/c1-2-4-10-9(3-1)5-6-11(10)15-16-12-13-7-8-14-12/h1-4H,5-8H2,(H2,13,14,16)/p+1. The van der Waals surface area contributed by atoms with Gasteiger partial charge in [-0.25, -0.2) is 0 Å². The zero-order chi connectivity index (χ0) is 10.8. The third-order valence-corrected chi connectivity index (χ3v) is 2.99. The van der Waals surface area contributed by atoms with Crippen molar-refractivity contribution >= 4 is 11.7 Å². The van der Waals surface area contributed by atoms with Crippen LogP contribution in [0.2, 0.25) is 0 Å². The predicted octanol–water partition coefficient (Wildman–Crippen LogP) is -1.03. The molecule has 0 atom stereocenters. The lowest BCUT2D eigenvalue weighted by Gasteiger charge is -1.98. The maximum atomic E-state index is 4.45. The summed E-state index contributed by atoms with van der Waals surface area (Å²) in [5.74, 6) is 0.914. The van der Waals surface area contributed by atoms with Crippen molar-refractivity contribution in [2.45, 2.75) is 12.8 Å². The van der Waals surface area contributed by atoms with Crippen LogP contribution in [0.3, 0.4) is 0 Å². The minimum absolute atomic E-state index is 0.914. The van der Waals surface area contributed by atoms with Gasteiger partial charge >= 0.3 is 5.96 Å². The van der Waals surface area contributed by atoms with E-state index in [9.17, 15) is 0 Å². The third kappa shape index (κ3) is 1.66. The summed E-state index contributed by atoms with van der Waals surface area (Å²) in [6, 6.07) is 8.48. The van der Waals surface area contributed by atoms with Gasteiger partial charge < -0.3 is 0 Å². The molecule has 0 spiro atoms. The molecule has 4 heteroatoms. The van der Waals surface area contributed by atoms with E-state index in [-0.39, 0.29) is 0 Å². The molecule has 0 saturated carbocycles. The average Bonchev–Trinajstić information content (AvgIpc) is 2.96. The number of hydrazone groups is 1. The Morgan fingerprint density at radius 3 is 3.06 bits per heavy atom. The van der Waals surface area contributed by atoms with E-state index in [0.717, 1.165) is 37.6 Å². The van der Waals surface area contributed by atoms with Crippen LogP contribution < -0.4 is 15.7 Å². The van der Waals surface area contributed by atoms with Crippen molar-refractivity contribution in [3.05, 3.63) is 35.4 Å². The molecule has 0 unspecified atom stereocenters. The Morgan fingerprint density at radius 2 is 2.19 bits per heavy atom. The number of nitrogens with one attached hydrogen (secondary N) is 3. The zero-order valence-corrected chi connectivity index (χ0v) is 9.09. The molecular formula is C12H15N4+. The van der Waals surface area contributed by atoms with Crippen LogP contribution in [0.15, 0.2) is 29.4 Å². The number of guanidine groups is 1. The van der Waals surface area contributed by atoms with Crippen LogP contribution >= 0.6 is 0 Å². The van der Waals surface area contributed by atoms with E-state index in [1.807, 2.05) is 0 Å². The molecule has 0 bridgehead atoms. The summed E-state index contributed by atoms with van der Waals surface area (Å²) in [6.07, 6.45) is 2.13. The van der Waals surface area contributed by atoms with Crippen molar-refractivity contribution in [3.63, 3.8) is 0 Å². The number of hydrogen-bond acceptors (Lipinski definition) is 3. The van der Waals surface area contributed by atoms with Crippen LogP contribution in [-0.2, 0) is 6.42 Å². The minimum Gasteiger partial charge on any atom is -0.273 e. The Hall–Kier alpha value is -1.84. The fourth-order valence-electron chi connectivity index (χ4n) is 2.16. The SMILES string of the molecule is c1ccc2c(c1)CCC2=NNC1=[NH+]CCN1. The Labute approximate surface area is 94.5 Å². The molecule has 82 valence electrons. The fourth-order valence-corrected chi connectivity index (χ4v) is 2.16. The minimum atomic E-state index is 0.914. The maximum absolute atomic E-state index is 4.45. The lowest BCUT2D eigenvalue weighted by atomic mass is 10.1. The topological polar surface area (TPSA) is 50.4 Å². The van der Waals surface area contributed by atoms with Gasteiger partial charge in [-0.3, -0.25) is 10.3 Å². The monoisotopic (exact) mass is 215 g/mol. The summed E-state index contributed by atoms with van der Waals surface area (Å²) in [7, 11) is 0. The van der Waals surface area contributed by atoms with Gasteiger partial charge in [0.05, 0.1) is 18.8 Å². The van der Waals surface area contributed by atoms with Gasteiger partial charge in [-0.1, -0.05) is 24.3 Å². The first-order chi connectivity index (χ1) is 7.93. The summed E-state index contributed by atoms with van der Waals surface area (Å²) in [5.41, 5.74) is 6.89. The molecule has 3 N–H and O–H groups in total. The number of aryl methyl sites for hydroxylation is 1. The molecule has 16 heavy (non-hydrogen) atoms. The highest BCUT2D eigenvalue weighted by Gasteiger charge is 2.18. The van der Waals surface area contributed by atoms with Crippen molar-refractivity contribution in [1.82, 2.24) is 10.7 Å². The van der Waals surface area contributed by atoms with Crippen molar-refractivity contribution in [2.75, 3.05) is 13.1 Å². The summed E-state index contributed by atoms with van der Waals surface area (Å²) < 4.78 is 0. The lowest BCUT2D eigenvalue weighted by Crippen LogP contribution is -2.73. The second kappa shape index (κ2) is 3.96. The normalized spacial score (nSPS) is 20.5. The molecule has 0 fully saturated rings. The van der Waals surface area contributed by atoms with E-state index >= 15 is 0 Å². The molecule has 1 heterocycles. The average molecular weight is 215 g/mol. The van der Waals surface area contributed by atoms with Gasteiger partial charge in [0.15, 0.2) is 0 Å². The second-order valence-corrected chi connectivity index (χ2v) is 4.06. The zero-order valence-electron chi connectivity index (χ0n) is 9.09. The fraction of sp³-hybridized carbons (Fsp3) is 0.333. The van der Waals surface area contributed by atoms with Crippen molar-refractivity contribution in [2.24, 2.45) is 5.10 Å². The molecule has 0 saturated heterocycles. The van der Waals surface area contributed by atoms with Crippen molar-refractivity contribution in [3.8, 4) is 0 Å². The number of hydrogen-bond donors (Lipinski definition) is 3. The molecule has 0 amide bonds. The summed E-state index contributed by atoms with van der Waals surface area (Å²) in [5, 5.41) is 7.64. The van der Waals surface area contributed by atoms with Gasteiger partial charge in [-0.05, 0) is 18.4 Å². The van der Waals surface area contributed by atoms with Gasteiger partial charge in [0, 0.05) is 5.56 Å². The predicted molar refractivity (Wildman–Crippen MR) is 63.3 cm³/mol. The molecular weight excluding hydrogens is 200 g/mol. The Balaban J connectivity index is 1.79. The largest absolute Gasteiger partial charge is 0.367 e. The highest BCUT2D eigenvalue weighted by Crippen LogP contribution is 2.21. The van der Waals surface area contributed by atoms with Gasteiger partial charge in [0.1, 0.15) is 0 Å². The first-order valence-corrected chi connectivity index (χ1v) is 5.69. The number of nitrogens with zero attached hydrogens (tertiary/aromatic N) is 1. The first kappa shape index (κ1) is 9.39. The van der Waals surface area contributed by atoms with E-state index in [2.05, 4.69) is 45.1 Å². The number of benzene rings is 1. The van der Waals surface area contributed by atoms with Crippen LogP contribution in [0.1, 0.15) is 17.5 Å². The van der Waals surface area contributed by atoms with E-state index in [1.165, 1.54) is 11.1 Å². The van der Waals surface area contributed by atoms with Gasteiger partial charge in [-0.2, -0.15) is 5.43 Å². The molecule has 1 aliphatic heterocycles. The molecule has 1 aliphatic carbocycles. The van der Waals surface area contributed by atoms with E-state index in [4.69, 9.17) is 0 Å². The lowest BCUT2D eigenvalue weighted by molar-refractivity contribution is -0.446. The third-order valence-electron chi connectivity index (χ3n) is 2.99. The molecule has 0 aromatic heterocycles. The van der Waals surface area contributed by atoms with Gasteiger partial charge in [0.2, 0.25) is 0 Å². The van der Waals surface area contributed by atoms with Crippen LogP contribution in [0.5, 0.6) is 0 Å². The van der Waals surface area contributed by atoms with Crippen molar-refractivity contribution in [1.29, 1.82) is 0 Å². The summed E-state index contributed by atoms with van der Waals surface area (Å²) in [4.78, 5) is 3.19. The molecule has 1 aromatic carbocycles. The van der Waals surface area contributed by atoms with Gasteiger partial charge in [-0.15, -0.1) is 5.10 Å². The van der Waals surface area contributed by atoms with Crippen LogP contribution in [0.25, 0.3) is 0 Å². The smallest absolute Gasteiger partial charge is 0.273 e. The number of fused-ring (bicyclic) bond motifs is 1. The number of rotatable bonds is 1. The highest BCUT2D eigenvalue weighted by molar-refractivity contribution is 6.04. The van der Waals surface area contributed by atoms with Crippen LogP contribution in [-0.4, -0.2) is 24.8 Å². The molecule has 4 nitrogen and oxygen atoms in total. The second-order valence-electron chi connectivity index (χ2n) is 4.06. The highest BCUT2D eigenvalue weighted by atomic mass is 15.4. The summed E-state index contributed by atoms with van der Waals surface area (Å²) in [6.45, 7) is 1.92. The Morgan fingerprint density at radius 1 is 1.25 bits per heavy atom. The Bertz CT molecular complexity index is 462. The van der Waals surface area contributed by atoms with E-state index in [1.54, 1.807) is 0 Å². The van der Waals surface area contributed by atoms with E-state index in [0.29, 0.717) is 0 Å².